The first-order valence-corrected chi connectivity index (χ1v) is 10.4. The topological polar surface area (TPSA) is 45.5 Å². The minimum atomic E-state index is 0. The van der Waals surface area contributed by atoms with E-state index in [0.29, 0.717) is 17.7 Å². The standard InChI is InChI=1S/C18H31N5S.HI/c1-4-19-18(23-9-10-24-16(13-23)14(2)3)20-11-15-12-22-8-6-5-7-17(22)21-15;/h12,14,16H,4-11,13H2,1-3H3,(H,19,20);1H. The summed E-state index contributed by atoms with van der Waals surface area (Å²) in [6, 6.07) is 0. The Morgan fingerprint density at radius 1 is 1.40 bits per heavy atom. The van der Waals surface area contributed by atoms with Crippen molar-refractivity contribution in [2.24, 2.45) is 10.9 Å². The van der Waals surface area contributed by atoms with Crippen LogP contribution in [0.15, 0.2) is 11.2 Å². The molecule has 1 unspecified atom stereocenters. The van der Waals surface area contributed by atoms with Crippen molar-refractivity contribution in [2.45, 2.75) is 58.4 Å². The van der Waals surface area contributed by atoms with Crippen molar-refractivity contribution >= 4 is 41.7 Å². The van der Waals surface area contributed by atoms with Crippen molar-refractivity contribution in [1.29, 1.82) is 0 Å². The van der Waals surface area contributed by atoms with E-state index in [1.54, 1.807) is 0 Å². The number of fused-ring (bicyclic) bond motifs is 1. The Labute approximate surface area is 173 Å². The number of nitrogens with zero attached hydrogens (tertiary/aromatic N) is 4. The summed E-state index contributed by atoms with van der Waals surface area (Å²) in [7, 11) is 0. The zero-order chi connectivity index (χ0) is 16.9. The van der Waals surface area contributed by atoms with E-state index >= 15 is 0 Å². The van der Waals surface area contributed by atoms with Crippen LogP contribution in [0, 0.1) is 5.92 Å². The molecule has 1 saturated heterocycles. The van der Waals surface area contributed by atoms with E-state index in [1.807, 2.05) is 0 Å². The predicted octanol–water partition coefficient (Wildman–Crippen LogP) is 3.38. The smallest absolute Gasteiger partial charge is 0.194 e. The van der Waals surface area contributed by atoms with Gasteiger partial charge in [0, 0.05) is 49.8 Å². The van der Waals surface area contributed by atoms with Gasteiger partial charge in [-0.05, 0) is 25.7 Å². The fraction of sp³-hybridized carbons (Fsp3) is 0.778. The molecular formula is C18H32IN5S. The normalized spacial score (nSPS) is 21.0. The molecule has 2 aliphatic rings. The number of hydrogen-bond donors (Lipinski definition) is 1. The van der Waals surface area contributed by atoms with Crippen LogP contribution >= 0.6 is 35.7 Å². The summed E-state index contributed by atoms with van der Waals surface area (Å²) in [4.78, 5) is 12.1. The molecule has 25 heavy (non-hydrogen) atoms. The molecule has 1 aromatic rings. The van der Waals surface area contributed by atoms with E-state index in [0.717, 1.165) is 44.3 Å². The maximum absolute atomic E-state index is 4.89. The van der Waals surface area contributed by atoms with Gasteiger partial charge in [0.2, 0.25) is 0 Å². The zero-order valence-corrected chi connectivity index (χ0v) is 18.8. The molecule has 7 heteroatoms. The van der Waals surface area contributed by atoms with E-state index in [4.69, 9.17) is 9.98 Å². The van der Waals surface area contributed by atoms with Crippen molar-refractivity contribution in [3.8, 4) is 0 Å². The first kappa shape index (κ1) is 20.9. The number of nitrogens with one attached hydrogen (secondary N) is 1. The van der Waals surface area contributed by atoms with Gasteiger partial charge in [-0.1, -0.05) is 13.8 Å². The molecule has 0 aliphatic carbocycles. The number of rotatable bonds is 4. The van der Waals surface area contributed by atoms with Gasteiger partial charge in [-0.25, -0.2) is 9.98 Å². The van der Waals surface area contributed by atoms with E-state index in [9.17, 15) is 0 Å². The third kappa shape index (κ3) is 5.52. The fourth-order valence-electron chi connectivity index (χ4n) is 3.40. The monoisotopic (exact) mass is 477 g/mol. The highest BCUT2D eigenvalue weighted by molar-refractivity contribution is 14.0. The van der Waals surface area contributed by atoms with Crippen LogP contribution in [0.5, 0.6) is 0 Å². The molecule has 0 bridgehead atoms. The number of guanidine groups is 1. The third-order valence-corrected chi connectivity index (χ3v) is 6.36. The number of hydrogen-bond acceptors (Lipinski definition) is 3. The highest BCUT2D eigenvalue weighted by Gasteiger charge is 2.25. The molecule has 0 spiro atoms. The Kier molecular flexibility index (Phi) is 8.38. The van der Waals surface area contributed by atoms with Crippen LogP contribution in [0.2, 0.25) is 0 Å². The summed E-state index contributed by atoms with van der Waals surface area (Å²) in [5.41, 5.74) is 1.11. The zero-order valence-electron chi connectivity index (χ0n) is 15.7. The maximum Gasteiger partial charge on any atom is 0.194 e. The van der Waals surface area contributed by atoms with Crippen LogP contribution in [0.1, 0.15) is 45.1 Å². The number of thioether (sulfide) groups is 1. The highest BCUT2D eigenvalue weighted by Crippen LogP contribution is 2.25. The summed E-state index contributed by atoms with van der Waals surface area (Å²) in [5, 5.41) is 4.17. The summed E-state index contributed by atoms with van der Waals surface area (Å²) >= 11 is 2.10. The molecule has 0 aromatic carbocycles. The van der Waals surface area contributed by atoms with E-state index < -0.39 is 0 Å². The Morgan fingerprint density at radius 3 is 2.96 bits per heavy atom. The Bertz CT molecular complexity index is 548. The lowest BCUT2D eigenvalue weighted by Gasteiger charge is -2.36. The molecule has 142 valence electrons. The molecule has 0 saturated carbocycles. The average Bonchev–Trinajstić information content (AvgIpc) is 3.01. The lowest BCUT2D eigenvalue weighted by molar-refractivity contribution is 0.380. The van der Waals surface area contributed by atoms with E-state index in [-0.39, 0.29) is 24.0 Å². The molecule has 0 radical (unpaired) electrons. The quantitative estimate of drug-likeness (QED) is 0.411. The van der Waals surface area contributed by atoms with Gasteiger partial charge in [-0.3, -0.25) is 0 Å². The Morgan fingerprint density at radius 2 is 2.24 bits per heavy atom. The second-order valence-corrected chi connectivity index (χ2v) is 8.42. The van der Waals surface area contributed by atoms with Crippen molar-refractivity contribution in [1.82, 2.24) is 19.8 Å². The van der Waals surface area contributed by atoms with Gasteiger partial charge in [-0.2, -0.15) is 11.8 Å². The number of imidazole rings is 1. The molecule has 3 rings (SSSR count). The molecule has 1 fully saturated rings. The first-order chi connectivity index (χ1) is 11.7. The van der Waals surface area contributed by atoms with Crippen molar-refractivity contribution in [3.63, 3.8) is 0 Å². The van der Waals surface area contributed by atoms with Gasteiger partial charge in [0.1, 0.15) is 5.82 Å². The molecule has 1 N–H and O–H groups in total. The summed E-state index contributed by atoms with van der Waals surface area (Å²) < 4.78 is 2.31. The third-order valence-electron chi connectivity index (χ3n) is 4.82. The van der Waals surface area contributed by atoms with Crippen LogP contribution in [0.25, 0.3) is 0 Å². The number of aliphatic imine (C=N–C) groups is 1. The largest absolute Gasteiger partial charge is 0.357 e. The number of aromatic nitrogens is 2. The lowest BCUT2D eigenvalue weighted by Crippen LogP contribution is -2.49. The van der Waals surface area contributed by atoms with Gasteiger partial charge in [0.25, 0.3) is 0 Å². The fourth-order valence-corrected chi connectivity index (χ4v) is 4.70. The number of aryl methyl sites for hydroxylation is 2. The van der Waals surface area contributed by atoms with Gasteiger partial charge in [0.05, 0.1) is 12.2 Å². The van der Waals surface area contributed by atoms with Crippen LogP contribution in [-0.2, 0) is 19.5 Å². The summed E-state index contributed by atoms with van der Waals surface area (Å²) in [6.07, 6.45) is 5.86. The average molecular weight is 477 g/mol. The highest BCUT2D eigenvalue weighted by atomic mass is 127. The maximum atomic E-state index is 4.89. The molecule has 1 aromatic heterocycles. The van der Waals surface area contributed by atoms with Crippen LogP contribution in [0.4, 0.5) is 0 Å². The second kappa shape index (κ2) is 10.0. The van der Waals surface area contributed by atoms with Crippen LogP contribution in [-0.4, -0.2) is 51.0 Å². The number of halogens is 1. The lowest BCUT2D eigenvalue weighted by atomic mass is 10.1. The summed E-state index contributed by atoms with van der Waals surface area (Å²) in [5.74, 6) is 4.19. The van der Waals surface area contributed by atoms with Crippen molar-refractivity contribution < 1.29 is 0 Å². The van der Waals surface area contributed by atoms with E-state index in [2.05, 4.69) is 53.5 Å². The SMILES string of the molecule is CCNC(=NCc1cn2c(n1)CCCC2)N1CCSC(C(C)C)C1.I. The van der Waals surface area contributed by atoms with Gasteiger partial charge in [-0.15, -0.1) is 24.0 Å². The van der Waals surface area contributed by atoms with E-state index in [1.165, 1.54) is 24.4 Å². The molecule has 1 atom stereocenters. The molecule has 5 nitrogen and oxygen atoms in total. The molecule has 2 aliphatic heterocycles. The molecule has 3 heterocycles. The Hall–Kier alpha value is -0.440. The van der Waals surface area contributed by atoms with Gasteiger partial charge in [0.15, 0.2) is 5.96 Å². The van der Waals surface area contributed by atoms with Crippen LogP contribution < -0.4 is 5.32 Å². The van der Waals surface area contributed by atoms with Gasteiger partial charge < -0.3 is 14.8 Å². The van der Waals surface area contributed by atoms with Gasteiger partial charge >= 0.3 is 0 Å². The predicted molar refractivity (Wildman–Crippen MR) is 118 cm³/mol. The first-order valence-electron chi connectivity index (χ1n) is 9.37. The second-order valence-electron chi connectivity index (χ2n) is 7.07. The van der Waals surface area contributed by atoms with Crippen molar-refractivity contribution in [3.05, 3.63) is 17.7 Å². The van der Waals surface area contributed by atoms with Crippen LogP contribution in [0.3, 0.4) is 0 Å². The van der Waals surface area contributed by atoms with Crippen molar-refractivity contribution in [2.75, 3.05) is 25.4 Å². The minimum Gasteiger partial charge on any atom is -0.357 e. The molecule has 0 amide bonds. The minimum absolute atomic E-state index is 0. The Balaban J connectivity index is 0.00000225. The molecular weight excluding hydrogens is 445 g/mol. The summed E-state index contributed by atoms with van der Waals surface area (Å²) in [6.45, 7) is 11.7.